The van der Waals surface area contributed by atoms with Crippen molar-refractivity contribution >= 4 is 11.7 Å². The first-order valence-corrected chi connectivity index (χ1v) is 6.31. The lowest BCUT2D eigenvalue weighted by atomic mass is 10.1. The molecule has 98 valence electrons. The largest absolute Gasteiger partial charge is 0.480 e. The van der Waals surface area contributed by atoms with Gasteiger partial charge < -0.3 is 15.3 Å². The maximum absolute atomic E-state index is 11.2. The fraction of sp³-hybridized carbons (Fsp3) is 0.500. The molecular formula is C14H20N2O2. The van der Waals surface area contributed by atoms with Crippen LogP contribution in [0.2, 0.25) is 0 Å². The van der Waals surface area contributed by atoms with Gasteiger partial charge in [0, 0.05) is 25.8 Å². The molecule has 0 heterocycles. The molecule has 1 aromatic rings. The normalized spacial score (nSPS) is 16.3. The first-order chi connectivity index (χ1) is 8.56. The molecule has 1 saturated carbocycles. The van der Waals surface area contributed by atoms with E-state index in [0.717, 1.165) is 24.1 Å². The molecule has 18 heavy (non-hydrogen) atoms. The minimum Gasteiger partial charge on any atom is -0.480 e. The van der Waals surface area contributed by atoms with Crippen molar-refractivity contribution in [3.05, 3.63) is 29.8 Å². The third-order valence-electron chi connectivity index (χ3n) is 3.20. The van der Waals surface area contributed by atoms with E-state index in [1.807, 2.05) is 43.3 Å². The molecule has 0 saturated heterocycles. The summed E-state index contributed by atoms with van der Waals surface area (Å²) in [7, 11) is 3.98. The van der Waals surface area contributed by atoms with Crippen LogP contribution in [-0.2, 0) is 11.2 Å². The van der Waals surface area contributed by atoms with E-state index in [1.165, 1.54) is 0 Å². The van der Waals surface area contributed by atoms with Crippen molar-refractivity contribution < 1.29 is 9.90 Å². The average molecular weight is 248 g/mol. The van der Waals surface area contributed by atoms with E-state index in [0.29, 0.717) is 12.5 Å². The van der Waals surface area contributed by atoms with Gasteiger partial charge in [0.05, 0.1) is 0 Å². The van der Waals surface area contributed by atoms with E-state index in [1.54, 1.807) is 0 Å². The molecule has 2 N–H and O–H groups in total. The van der Waals surface area contributed by atoms with Crippen LogP contribution in [0.25, 0.3) is 0 Å². The molecule has 0 aliphatic heterocycles. The summed E-state index contributed by atoms with van der Waals surface area (Å²) in [6.07, 6.45) is 2.74. The zero-order valence-electron chi connectivity index (χ0n) is 10.9. The summed E-state index contributed by atoms with van der Waals surface area (Å²) in [6.45, 7) is 0. The molecule has 4 nitrogen and oxygen atoms in total. The van der Waals surface area contributed by atoms with E-state index in [2.05, 4.69) is 5.32 Å². The van der Waals surface area contributed by atoms with Crippen LogP contribution in [0, 0.1) is 0 Å². The molecular weight excluding hydrogens is 228 g/mol. The van der Waals surface area contributed by atoms with E-state index >= 15 is 0 Å². The number of carboxylic acids is 1. The summed E-state index contributed by atoms with van der Waals surface area (Å²) in [5, 5.41) is 12.3. The summed E-state index contributed by atoms with van der Waals surface area (Å²) in [5.41, 5.74) is 2.18. The molecule has 0 radical (unpaired) electrons. The molecule has 0 amide bonds. The second kappa shape index (κ2) is 5.40. The molecule has 1 aromatic carbocycles. The summed E-state index contributed by atoms with van der Waals surface area (Å²) in [5.74, 6) is -0.765. The lowest BCUT2D eigenvalue weighted by molar-refractivity contribution is -0.139. The van der Waals surface area contributed by atoms with Crippen molar-refractivity contribution in [3.63, 3.8) is 0 Å². The van der Waals surface area contributed by atoms with Gasteiger partial charge in [-0.15, -0.1) is 0 Å². The van der Waals surface area contributed by atoms with Crippen LogP contribution in [0.15, 0.2) is 24.3 Å². The van der Waals surface area contributed by atoms with Gasteiger partial charge in [0.15, 0.2) is 0 Å². The summed E-state index contributed by atoms with van der Waals surface area (Å²) in [6, 6.07) is 7.98. The number of nitrogens with zero attached hydrogens (tertiary/aromatic N) is 1. The number of carbonyl (C=O) groups is 1. The van der Waals surface area contributed by atoms with Crippen molar-refractivity contribution in [1.29, 1.82) is 0 Å². The molecule has 1 atom stereocenters. The van der Waals surface area contributed by atoms with Gasteiger partial charge in [-0.05, 0) is 37.0 Å². The molecule has 1 aliphatic carbocycles. The maximum Gasteiger partial charge on any atom is 0.321 e. The van der Waals surface area contributed by atoms with E-state index in [-0.39, 0.29) is 0 Å². The highest BCUT2D eigenvalue weighted by molar-refractivity contribution is 5.74. The Morgan fingerprint density at radius 3 is 2.44 bits per heavy atom. The summed E-state index contributed by atoms with van der Waals surface area (Å²) in [4.78, 5) is 13.2. The number of hydrogen-bond donors (Lipinski definition) is 2. The summed E-state index contributed by atoms with van der Waals surface area (Å²) >= 11 is 0. The van der Waals surface area contributed by atoms with Crippen LogP contribution in [0.1, 0.15) is 18.4 Å². The molecule has 1 fully saturated rings. The van der Waals surface area contributed by atoms with Gasteiger partial charge in [-0.25, -0.2) is 0 Å². The third-order valence-corrected chi connectivity index (χ3v) is 3.20. The number of aliphatic carboxylic acids is 1. The van der Waals surface area contributed by atoms with Crippen LogP contribution in [-0.4, -0.2) is 37.3 Å². The molecule has 0 aromatic heterocycles. The van der Waals surface area contributed by atoms with Gasteiger partial charge in [-0.3, -0.25) is 4.79 Å². The minimum atomic E-state index is -0.765. The Bertz CT molecular complexity index is 410. The Hall–Kier alpha value is -1.55. The molecule has 0 bridgehead atoms. The SMILES string of the molecule is CN(C)c1ccc(CC(NC2CC2)C(=O)O)cc1. The van der Waals surface area contributed by atoms with Crippen LogP contribution >= 0.6 is 0 Å². The number of nitrogens with one attached hydrogen (secondary N) is 1. The molecule has 1 aliphatic rings. The second-order valence-electron chi connectivity index (χ2n) is 5.10. The van der Waals surface area contributed by atoms with Crippen molar-refractivity contribution in [1.82, 2.24) is 5.32 Å². The van der Waals surface area contributed by atoms with Gasteiger partial charge in [0.2, 0.25) is 0 Å². The smallest absolute Gasteiger partial charge is 0.321 e. The Morgan fingerprint density at radius 2 is 2.00 bits per heavy atom. The Labute approximate surface area is 108 Å². The number of anilines is 1. The highest BCUT2D eigenvalue weighted by Gasteiger charge is 2.28. The van der Waals surface area contributed by atoms with Crippen LogP contribution in [0.5, 0.6) is 0 Å². The lowest BCUT2D eigenvalue weighted by Crippen LogP contribution is -2.39. The standard InChI is InChI=1S/C14H20N2O2/c1-16(2)12-7-3-10(4-8-12)9-13(14(17)18)15-11-5-6-11/h3-4,7-8,11,13,15H,5-6,9H2,1-2H3,(H,17,18). The predicted molar refractivity (Wildman–Crippen MR) is 72.1 cm³/mol. The fourth-order valence-corrected chi connectivity index (χ4v) is 1.92. The van der Waals surface area contributed by atoms with Gasteiger partial charge >= 0.3 is 5.97 Å². The Balaban J connectivity index is 1.99. The van der Waals surface area contributed by atoms with Gasteiger partial charge in [0.1, 0.15) is 6.04 Å². The number of benzene rings is 1. The minimum absolute atomic E-state index is 0.409. The highest BCUT2D eigenvalue weighted by Crippen LogP contribution is 2.20. The predicted octanol–water partition coefficient (Wildman–Crippen LogP) is 1.50. The second-order valence-corrected chi connectivity index (χ2v) is 5.10. The first kappa shape index (κ1) is 12.9. The lowest BCUT2D eigenvalue weighted by Gasteiger charge is -2.16. The van der Waals surface area contributed by atoms with E-state index in [9.17, 15) is 9.90 Å². The Morgan fingerprint density at radius 1 is 1.39 bits per heavy atom. The molecule has 1 unspecified atom stereocenters. The van der Waals surface area contributed by atoms with E-state index < -0.39 is 12.0 Å². The van der Waals surface area contributed by atoms with Gasteiger partial charge in [-0.1, -0.05) is 12.1 Å². The maximum atomic E-state index is 11.2. The van der Waals surface area contributed by atoms with Crippen LogP contribution in [0.4, 0.5) is 5.69 Å². The topological polar surface area (TPSA) is 52.6 Å². The number of rotatable bonds is 6. The van der Waals surface area contributed by atoms with Gasteiger partial charge in [-0.2, -0.15) is 0 Å². The third kappa shape index (κ3) is 3.47. The molecule has 2 rings (SSSR count). The van der Waals surface area contributed by atoms with Crippen molar-refractivity contribution in [2.24, 2.45) is 0 Å². The quantitative estimate of drug-likeness (QED) is 0.801. The summed E-state index contributed by atoms with van der Waals surface area (Å²) < 4.78 is 0. The Kier molecular flexibility index (Phi) is 3.87. The molecule has 4 heteroatoms. The highest BCUT2D eigenvalue weighted by atomic mass is 16.4. The fourth-order valence-electron chi connectivity index (χ4n) is 1.92. The van der Waals surface area contributed by atoms with Crippen molar-refractivity contribution in [3.8, 4) is 0 Å². The zero-order valence-corrected chi connectivity index (χ0v) is 10.9. The average Bonchev–Trinajstić information content (AvgIpc) is 3.12. The zero-order chi connectivity index (χ0) is 13.1. The van der Waals surface area contributed by atoms with E-state index in [4.69, 9.17) is 0 Å². The van der Waals surface area contributed by atoms with Crippen molar-refractivity contribution in [2.75, 3.05) is 19.0 Å². The van der Waals surface area contributed by atoms with Crippen LogP contribution < -0.4 is 10.2 Å². The number of carboxylic acid groups (broad SMARTS) is 1. The van der Waals surface area contributed by atoms with Gasteiger partial charge in [0.25, 0.3) is 0 Å². The van der Waals surface area contributed by atoms with Crippen LogP contribution in [0.3, 0.4) is 0 Å². The first-order valence-electron chi connectivity index (χ1n) is 6.31. The number of hydrogen-bond acceptors (Lipinski definition) is 3. The van der Waals surface area contributed by atoms with Crippen molar-refractivity contribution in [2.45, 2.75) is 31.3 Å². The monoisotopic (exact) mass is 248 g/mol. The molecule has 0 spiro atoms.